The van der Waals surface area contributed by atoms with E-state index in [0.717, 1.165) is 30.3 Å². The number of hydrogen-bond acceptors (Lipinski definition) is 5. The van der Waals surface area contributed by atoms with Crippen LogP contribution in [-0.2, 0) is 17.9 Å². The summed E-state index contributed by atoms with van der Waals surface area (Å²) in [6.45, 7) is 7.69. The Kier molecular flexibility index (Phi) is 5.27. The van der Waals surface area contributed by atoms with E-state index in [1.165, 1.54) is 0 Å². The molecule has 6 heteroatoms. The molecule has 6 nitrogen and oxygen atoms in total. The second-order valence-corrected chi connectivity index (χ2v) is 5.52. The molecule has 0 spiro atoms. The summed E-state index contributed by atoms with van der Waals surface area (Å²) >= 11 is 0. The lowest BCUT2D eigenvalue weighted by Crippen LogP contribution is -2.05. The topological polar surface area (TPSA) is 64.9 Å². The van der Waals surface area contributed by atoms with Crippen LogP contribution in [0.5, 0.6) is 0 Å². The highest BCUT2D eigenvalue weighted by Crippen LogP contribution is 2.14. The van der Waals surface area contributed by atoms with Crippen molar-refractivity contribution in [1.82, 2.24) is 19.7 Å². The van der Waals surface area contributed by atoms with Crippen molar-refractivity contribution in [2.45, 2.75) is 40.3 Å². The summed E-state index contributed by atoms with van der Waals surface area (Å²) < 4.78 is 7.02. The van der Waals surface area contributed by atoms with Crippen LogP contribution in [0.15, 0.2) is 18.3 Å². The first-order chi connectivity index (χ1) is 10.1. The van der Waals surface area contributed by atoms with E-state index in [-0.39, 0.29) is 0 Å². The fourth-order valence-electron chi connectivity index (χ4n) is 1.96. The summed E-state index contributed by atoms with van der Waals surface area (Å²) in [7, 11) is 1.63. The van der Waals surface area contributed by atoms with Crippen molar-refractivity contribution in [1.29, 1.82) is 0 Å². The number of rotatable bonds is 7. The van der Waals surface area contributed by atoms with Gasteiger partial charge in [-0.1, -0.05) is 13.8 Å². The lowest BCUT2D eigenvalue weighted by atomic mass is 10.1. The smallest absolute Gasteiger partial charge is 0.156 e. The zero-order valence-electron chi connectivity index (χ0n) is 13.1. The maximum atomic E-state index is 5.07. The molecule has 1 N–H and O–H groups in total. The molecular formula is C15H23N5O. The highest BCUT2D eigenvalue weighted by Gasteiger charge is 2.05. The Hall–Kier alpha value is -1.95. The summed E-state index contributed by atoms with van der Waals surface area (Å²) in [5.74, 6) is 2.87. The van der Waals surface area contributed by atoms with Crippen molar-refractivity contribution in [2.24, 2.45) is 5.92 Å². The highest BCUT2D eigenvalue weighted by atomic mass is 16.5. The zero-order valence-corrected chi connectivity index (χ0v) is 13.1. The number of nitrogens with zero attached hydrogens (tertiary/aromatic N) is 4. The molecular weight excluding hydrogens is 266 g/mol. The van der Waals surface area contributed by atoms with Gasteiger partial charge in [0.15, 0.2) is 11.6 Å². The molecule has 0 fully saturated rings. The largest absolute Gasteiger partial charge is 0.377 e. The average Bonchev–Trinajstić information content (AvgIpc) is 2.83. The van der Waals surface area contributed by atoms with Crippen LogP contribution in [0.1, 0.15) is 31.8 Å². The van der Waals surface area contributed by atoms with E-state index in [4.69, 9.17) is 4.74 Å². The molecule has 0 radical (unpaired) electrons. The van der Waals surface area contributed by atoms with Crippen molar-refractivity contribution in [3.8, 4) is 0 Å². The summed E-state index contributed by atoms with van der Waals surface area (Å²) in [6, 6.07) is 3.85. The van der Waals surface area contributed by atoms with Gasteiger partial charge in [-0.05, 0) is 19.3 Å². The molecule has 0 aliphatic heterocycles. The minimum Gasteiger partial charge on any atom is -0.377 e. The fourth-order valence-corrected chi connectivity index (χ4v) is 1.96. The molecule has 0 saturated carbocycles. The van der Waals surface area contributed by atoms with Gasteiger partial charge in [0.2, 0.25) is 0 Å². The Labute approximate surface area is 125 Å². The number of anilines is 2. The normalized spacial score (nSPS) is 11.1. The minimum absolute atomic E-state index is 0.402. The summed E-state index contributed by atoms with van der Waals surface area (Å²) in [5.41, 5.74) is 0.902. The summed E-state index contributed by atoms with van der Waals surface area (Å²) in [6.07, 6.45) is 3.10. The second-order valence-electron chi connectivity index (χ2n) is 5.52. The van der Waals surface area contributed by atoms with E-state index < -0.39 is 0 Å². The van der Waals surface area contributed by atoms with E-state index in [1.807, 2.05) is 29.9 Å². The molecule has 0 amide bonds. The Morgan fingerprint density at radius 1 is 1.29 bits per heavy atom. The van der Waals surface area contributed by atoms with Crippen LogP contribution >= 0.6 is 0 Å². The minimum atomic E-state index is 0.402. The van der Waals surface area contributed by atoms with Gasteiger partial charge in [0.25, 0.3) is 0 Å². The molecule has 2 heterocycles. The van der Waals surface area contributed by atoms with Crippen molar-refractivity contribution >= 4 is 11.6 Å². The standard InChI is InChI=1S/C15H23N5O/c1-11(2)5-7-20-8-6-13(19-20)17-14-9-12(3)16-15(18-14)10-21-4/h6,8-9,11H,5,7,10H2,1-4H3,(H,16,17,18,19). The van der Waals surface area contributed by atoms with Crippen LogP contribution in [0.3, 0.4) is 0 Å². The average molecular weight is 289 g/mol. The van der Waals surface area contributed by atoms with Gasteiger partial charge in [-0.15, -0.1) is 0 Å². The van der Waals surface area contributed by atoms with Gasteiger partial charge >= 0.3 is 0 Å². The number of ether oxygens (including phenoxy) is 1. The predicted octanol–water partition coefficient (Wildman–Crippen LogP) is 2.92. The first-order valence-corrected chi connectivity index (χ1v) is 7.21. The number of hydrogen-bond donors (Lipinski definition) is 1. The van der Waals surface area contributed by atoms with E-state index in [9.17, 15) is 0 Å². The maximum absolute atomic E-state index is 5.07. The Morgan fingerprint density at radius 3 is 2.81 bits per heavy atom. The zero-order chi connectivity index (χ0) is 15.2. The molecule has 0 atom stereocenters. The van der Waals surface area contributed by atoms with Crippen LogP contribution in [0.4, 0.5) is 11.6 Å². The third-order valence-corrected chi connectivity index (χ3v) is 3.01. The van der Waals surface area contributed by atoms with Gasteiger partial charge in [0.1, 0.15) is 12.4 Å². The second kappa shape index (κ2) is 7.17. The summed E-state index contributed by atoms with van der Waals surface area (Å²) in [5, 5.41) is 7.71. The van der Waals surface area contributed by atoms with Crippen LogP contribution in [0.25, 0.3) is 0 Å². The van der Waals surface area contributed by atoms with E-state index in [1.54, 1.807) is 7.11 Å². The van der Waals surface area contributed by atoms with Gasteiger partial charge in [0, 0.05) is 37.7 Å². The first kappa shape index (κ1) is 15.4. The lowest BCUT2D eigenvalue weighted by Gasteiger charge is -2.07. The molecule has 0 unspecified atom stereocenters. The number of nitrogens with one attached hydrogen (secondary N) is 1. The maximum Gasteiger partial charge on any atom is 0.156 e. The Bertz CT molecular complexity index is 579. The van der Waals surface area contributed by atoms with Gasteiger partial charge in [0.05, 0.1) is 0 Å². The van der Waals surface area contributed by atoms with Gasteiger partial charge in [-0.3, -0.25) is 4.68 Å². The molecule has 2 aromatic heterocycles. The van der Waals surface area contributed by atoms with Crippen molar-refractivity contribution < 1.29 is 4.74 Å². The number of aromatic nitrogens is 4. The van der Waals surface area contributed by atoms with E-state index in [0.29, 0.717) is 18.3 Å². The summed E-state index contributed by atoms with van der Waals surface area (Å²) in [4.78, 5) is 8.72. The van der Waals surface area contributed by atoms with Crippen LogP contribution < -0.4 is 5.32 Å². The number of aryl methyl sites for hydroxylation is 2. The molecule has 0 bridgehead atoms. The molecule has 2 rings (SSSR count). The van der Waals surface area contributed by atoms with Crippen LogP contribution in [0.2, 0.25) is 0 Å². The molecule has 114 valence electrons. The van der Waals surface area contributed by atoms with E-state index >= 15 is 0 Å². The van der Waals surface area contributed by atoms with Crippen molar-refractivity contribution in [3.63, 3.8) is 0 Å². The molecule has 0 aliphatic rings. The SMILES string of the molecule is COCc1nc(C)cc(Nc2ccn(CCC(C)C)n2)n1. The Morgan fingerprint density at radius 2 is 2.10 bits per heavy atom. The number of methoxy groups -OCH3 is 1. The van der Waals surface area contributed by atoms with Gasteiger partial charge < -0.3 is 10.1 Å². The molecule has 0 saturated heterocycles. The van der Waals surface area contributed by atoms with Crippen molar-refractivity contribution in [2.75, 3.05) is 12.4 Å². The van der Waals surface area contributed by atoms with Crippen LogP contribution in [-0.4, -0.2) is 26.9 Å². The van der Waals surface area contributed by atoms with Gasteiger partial charge in [-0.25, -0.2) is 9.97 Å². The molecule has 21 heavy (non-hydrogen) atoms. The van der Waals surface area contributed by atoms with E-state index in [2.05, 4.69) is 34.2 Å². The monoisotopic (exact) mass is 289 g/mol. The van der Waals surface area contributed by atoms with Crippen molar-refractivity contribution in [3.05, 3.63) is 29.8 Å². The molecule has 2 aromatic rings. The lowest BCUT2D eigenvalue weighted by molar-refractivity contribution is 0.177. The Balaban J connectivity index is 2.04. The molecule has 0 aliphatic carbocycles. The molecule has 0 aromatic carbocycles. The van der Waals surface area contributed by atoms with Crippen LogP contribution in [0, 0.1) is 12.8 Å². The highest BCUT2D eigenvalue weighted by molar-refractivity contribution is 5.51. The predicted molar refractivity (Wildman–Crippen MR) is 82.4 cm³/mol. The third-order valence-electron chi connectivity index (χ3n) is 3.01. The van der Waals surface area contributed by atoms with Gasteiger partial charge in [-0.2, -0.15) is 5.10 Å². The third kappa shape index (κ3) is 4.82. The fraction of sp³-hybridized carbons (Fsp3) is 0.533. The quantitative estimate of drug-likeness (QED) is 0.849. The first-order valence-electron chi connectivity index (χ1n) is 7.21.